The number of hydrogen-bond donors (Lipinski definition) is 0. The first kappa shape index (κ1) is 10.7. The summed E-state index contributed by atoms with van der Waals surface area (Å²) in [5.41, 5.74) is -0.485. The predicted octanol–water partition coefficient (Wildman–Crippen LogP) is 1.33. The summed E-state index contributed by atoms with van der Waals surface area (Å²) in [5, 5.41) is 0. The van der Waals surface area contributed by atoms with Crippen molar-refractivity contribution in [1.29, 1.82) is 0 Å². The number of hydrogen-bond acceptors (Lipinski definition) is 2. The van der Waals surface area contributed by atoms with Crippen LogP contribution in [0.1, 0.15) is 19.3 Å². The molecule has 2 heterocycles. The summed E-state index contributed by atoms with van der Waals surface area (Å²) in [4.78, 5) is 11.8. The van der Waals surface area contributed by atoms with E-state index in [1.807, 2.05) is 0 Å². The van der Waals surface area contributed by atoms with E-state index in [1.54, 1.807) is 0 Å². The number of amides is 1. The molecule has 0 aromatic heterocycles. The second kappa shape index (κ2) is 3.37. The second-order valence-corrected chi connectivity index (χ2v) is 4.11. The molecule has 2 fully saturated rings. The van der Waals surface area contributed by atoms with Crippen molar-refractivity contribution in [3.8, 4) is 0 Å². The van der Waals surface area contributed by atoms with Gasteiger partial charge in [0.2, 0.25) is 0 Å². The van der Waals surface area contributed by atoms with Crippen molar-refractivity contribution in [3.05, 3.63) is 0 Å². The Morgan fingerprint density at radius 3 is 2.60 bits per heavy atom. The van der Waals surface area contributed by atoms with Crippen molar-refractivity contribution < 1.29 is 22.7 Å². The van der Waals surface area contributed by atoms with Gasteiger partial charge in [-0.1, -0.05) is 0 Å². The van der Waals surface area contributed by atoms with E-state index in [0.717, 1.165) is 17.7 Å². The van der Waals surface area contributed by atoms with Crippen LogP contribution < -0.4 is 0 Å². The molecular weight excluding hydrogens is 211 g/mol. The maximum absolute atomic E-state index is 12.1. The van der Waals surface area contributed by atoms with Crippen LogP contribution in [0.4, 0.5) is 13.2 Å². The van der Waals surface area contributed by atoms with Crippen LogP contribution in [0.3, 0.4) is 0 Å². The zero-order valence-corrected chi connectivity index (χ0v) is 8.14. The molecule has 0 bridgehead atoms. The Hall–Kier alpha value is -0.780. The Kier molecular flexibility index (Phi) is 2.41. The molecule has 15 heavy (non-hydrogen) atoms. The third-order valence-electron chi connectivity index (χ3n) is 3.03. The summed E-state index contributed by atoms with van der Waals surface area (Å²) in [7, 11) is 0. The van der Waals surface area contributed by atoms with Gasteiger partial charge in [-0.2, -0.15) is 13.2 Å². The zero-order valence-electron chi connectivity index (χ0n) is 8.14. The maximum atomic E-state index is 12.1. The largest absolute Gasteiger partial charge is 0.471 e. The van der Waals surface area contributed by atoms with Crippen LogP contribution in [-0.2, 0) is 9.53 Å². The van der Waals surface area contributed by atoms with Gasteiger partial charge in [-0.3, -0.25) is 4.79 Å². The molecule has 0 aromatic rings. The molecule has 0 aliphatic carbocycles. The Morgan fingerprint density at radius 2 is 2.07 bits per heavy atom. The highest BCUT2D eigenvalue weighted by Crippen LogP contribution is 2.36. The van der Waals surface area contributed by atoms with Crippen LogP contribution >= 0.6 is 0 Å². The van der Waals surface area contributed by atoms with E-state index in [9.17, 15) is 18.0 Å². The lowest BCUT2D eigenvalue weighted by Crippen LogP contribution is -2.42. The Bertz CT molecular complexity index is 271. The number of halogens is 3. The number of alkyl halides is 3. The molecule has 0 saturated carbocycles. The van der Waals surface area contributed by atoms with Crippen LogP contribution in [0, 0.1) is 0 Å². The van der Waals surface area contributed by atoms with Crippen LogP contribution in [-0.4, -0.2) is 42.3 Å². The number of carbonyl (C=O) groups excluding carboxylic acids is 1. The monoisotopic (exact) mass is 223 g/mol. The fourth-order valence-electron chi connectivity index (χ4n) is 2.27. The van der Waals surface area contributed by atoms with Gasteiger partial charge in [-0.05, 0) is 19.3 Å². The molecule has 0 aromatic carbocycles. The third-order valence-corrected chi connectivity index (χ3v) is 3.03. The average Bonchev–Trinajstić information content (AvgIpc) is 2.75. The fraction of sp³-hybridized carbons (Fsp3) is 0.889. The minimum Gasteiger partial charge on any atom is -0.373 e. The number of rotatable bonds is 0. The molecule has 1 amide bonds. The highest BCUT2D eigenvalue weighted by molar-refractivity contribution is 5.82. The van der Waals surface area contributed by atoms with E-state index in [4.69, 9.17) is 4.74 Å². The van der Waals surface area contributed by atoms with Crippen LogP contribution in [0.2, 0.25) is 0 Å². The topological polar surface area (TPSA) is 29.5 Å². The average molecular weight is 223 g/mol. The van der Waals surface area contributed by atoms with E-state index >= 15 is 0 Å². The highest BCUT2D eigenvalue weighted by Gasteiger charge is 2.49. The lowest BCUT2D eigenvalue weighted by molar-refractivity contribution is -0.185. The molecule has 1 atom stereocenters. The summed E-state index contributed by atoms with van der Waals surface area (Å²) in [6.45, 7) is 0.831. The van der Waals surface area contributed by atoms with Crippen molar-refractivity contribution >= 4 is 5.91 Å². The minimum atomic E-state index is -4.76. The summed E-state index contributed by atoms with van der Waals surface area (Å²) < 4.78 is 41.9. The van der Waals surface area contributed by atoms with Gasteiger partial charge in [0.25, 0.3) is 0 Å². The normalized spacial score (nSPS) is 31.5. The van der Waals surface area contributed by atoms with Crippen molar-refractivity contribution in [2.45, 2.75) is 31.0 Å². The van der Waals surface area contributed by atoms with Gasteiger partial charge in [-0.15, -0.1) is 0 Å². The van der Waals surface area contributed by atoms with Crippen molar-refractivity contribution in [3.63, 3.8) is 0 Å². The smallest absolute Gasteiger partial charge is 0.373 e. The van der Waals surface area contributed by atoms with Crippen molar-refractivity contribution in [1.82, 2.24) is 4.90 Å². The standard InChI is InChI=1S/C9H12F3NO2/c10-9(11,12)7(14)13-4-3-8(6-13)2-1-5-15-8/h1-6H2. The molecule has 2 aliphatic heterocycles. The molecule has 6 heteroatoms. The fourth-order valence-corrected chi connectivity index (χ4v) is 2.27. The maximum Gasteiger partial charge on any atom is 0.471 e. The quantitative estimate of drug-likeness (QED) is 0.620. The van der Waals surface area contributed by atoms with Gasteiger partial charge in [0.15, 0.2) is 0 Å². The summed E-state index contributed by atoms with van der Waals surface area (Å²) >= 11 is 0. The van der Waals surface area contributed by atoms with E-state index in [0.29, 0.717) is 13.0 Å². The molecule has 1 spiro atoms. The molecule has 0 N–H and O–H groups in total. The van der Waals surface area contributed by atoms with Crippen molar-refractivity contribution in [2.75, 3.05) is 19.7 Å². The first-order valence-corrected chi connectivity index (χ1v) is 4.93. The summed E-state index contributed by atoms with van der Waals surface area (Å²) in [6.07, 6.45) is -2.61. The van der Waals surface area contributed by atoms with Gasteiger partial charge in [0, 0.05) is 13.2 Å². The summed E-state index contributed by atoms with van der Waals surface area (Å²) in [6, 6.07) is 0. The van der Waals surface area contributed by atoms with Gasteiger partial charge in [-0.25, -0.2) is 0 Å². The number of carbonyl (C=O) groups is 1. The van der Waals surface area contributed by atoms with Gasteiger partial charge >= 0.3 is 12.1 Å². The predicted molar refractivity (Wildman–Crippen MR) is 45.2 cm³/mol. The van der Waals surface area contributed by atoms with Crippen LogP contribution in [0.15, 0.2) is 0 Å². The van der Waals surface area contributed by atoms with E-state index in [-0.39, 0.29) is 13.1 Å². The van der Waals surface area contributed by atoms with Crippen LogP contribution in [0.25, 0.3) is 0 Å². The molecule has 86 valence electrons. The third kappa shape index (κ3) is 1.95. The van der Waals surface area contributed by atoms with Gasteiger partial charge in [0.05, 0.1) is 12.1 Å². The second-order valence-electron chi connectivity index (χ2n) is 4.11. The first-order chi connectivity index (χ1) is 6.93. The van der Waals surface area contributed by atoms with Crippen LogP contribution in [0.5, 0.6) is 0 Å². The highest BCUT2D eigenvalue weighted by atomic mass is 19.4. The molecule has 2 saturated heterocycles. The minimum absolute atomic E-state index is 0.0886. The number of nitrogens with zero attached hydrogens (tertiary/aromatic N) is 1. The Morgan fingerprint density at radius 1 is 1.33 bits per heavy atom. The summed E-state index contributed by atoms with van der Waals surface area (Å²) in [5.74, 6) is -1.74. The SMILES string of the molecule is O=C(N1CCC2(CCCO2)C1)C(F)(F)F. The van der Waals surface area contributed by atoms with E-state index < -0.39 is 17.7 Å². The lowest BCUT2D eigenvalue weighted by atomic mass is 10.00. The Balaban J connectivity index is 2.01. The zero-order chi connectivity index (χ0) is 11.1. The van der Waals surface area contributed by atoms with Crippen molar-refractivity contribution in [2.24, 2.45) is 0 Å². The molecule has 2 rings (SSSR count). The number of ether oxygens (including phenoxy) is 1. The van der Waals surface area contributed by atoms with E-state index in [2.05, 4.69) is 0 Å². The molecule has 1 unspecified atom stereocenters. The molecule has 3 nitrogen and oxygen atoms in total. The Labute approximate surface area is 85.2 Å². The first-order valence-electron chi connectivity index (χ1n) is 4.93. The van der Waals surface area contributed by atoms with Gasteiger partial charge < -0.3 is 9.64 Å². The lowest BCUT2D eigenvalue weighted by Gasteiger charge is -2.23. The number of likely N-dealkylation sites (tertiary alicyclic amines) is 1. The molecule has 0 radical (unpaired) electrons. The van der Waals surface area contributed by atoms with Gasteiger partial charge in [0.1, 0.15) is 0 Å². The molecular formula is C9H12F3NO2. The molecule has 2 aliphatic rings. The van der Waals surface area contributed by atoms with E-state index in [1.165, 1.54) is 0 Å².